The maximum atomic E-state index is 12.0. The van der Waals surface area contributed by atoms with Gasteiger partial charge in [-0.05, 0) is 32.1 Å². The van der Waals surface area contributed by atoms with E-state index in [0.717, 1.165) is 32.1 Å². The van der Waals surface area contributed by atoms with Gasteiger partial charge in [0.15, 0.2) is 23.2 Å². The lowest BCUT2D eigenvalue weighted by Gasteiger charge is -2.17. The van der Waals surface area contributed by atoms with E-state index in [-0.39, 0.29) is 18.7 Å². The number of hydrogen-bond acceptors (Lipinski definition) is 10. The van der Waals surface area contributed by atoms with Crippen molar-refractivity contribution in [2.45, 2.75) is 68.8 Å². The van der Waals surface area contributed by atoms with Gasteiger partial charge in [-0.15, -0.1) is 0 Å². The molecule has 0 radical (unpaired) electrons. The van der Waals surface area contributed by atoms with Gasteiger partial charge in [0.05, 0.1) is 19.0 Å². The lowest BCUT2D eigenvalue weighted by atomic mass is 10.1. The van der Waals surface area contributed by atoms with Gasteiger partial charge in [-0.1, -0.05) is 0 Å². The zero-order valence-corrected chi connectivity index (χ0v) is 17.6. The number of hydrogen-bond donors (Lipinski definition) is 4. The summed E-state index contributed by atoms with van der Waals surface area (Å²) in [5.41, 5.74) is 0.998. The summed E-state index contributed by atoms with van der Waals surface area (Å²) in [6.07, 6.45) is 2.91. The molecule has 2 aromatic heterocycles. The molecule has 4 heterocycles. The summed E-state index contributed by atoms with van der Waals surface area (Å²) in [5.74, 6) is 0.574. The highest BCUT2D eigenvalue weighted by atomic mass is 16.6. The summed E-state index contributed by atoms with van der Waals surface area (Å²) < 4.78 is 18.2. The molecule has 1 saturated carbocycles. The Balaban J connectivity index is 1.25. The van der Waals surface area contributed by atoms with Gasteiger partial charge >= 0.3 is 6.09 Å². The molecule has 4 N–H and O–H groups in total. The molecule has 2 aliphatic heterocycles. The van der Waals surface area contributed by atoms with E-state index < -0.39 is 30.6 Å². The molecule has 5 unspecified atom stereocenters. The zero-order chi connectivity index (χ0) is 22.1. The van der Waals surface area contributed by atoms with E-state index >= 15 is 0 Å². The molecule has 3 aliphatic rings. The minimum atomic E-state index is -1.22. The van der Waals surface area contributed by atoms with Crippen LogP contribution in [0.2, 0.25) is 0 Å². The van der Waals surface area contributed by atoms with Gasteiger partial charge in [-0.3, -0.25) is 4.57 Å². The molecule has 3 fully saturated rings. The molecule has 5 rings (SSSR count). The number of nitrogens with one attached hydrogen (secondary N) is 2. The van der Waals surface area contributed by atoms with Crippen molar-refractivity contribution in [1.82, 2.24) is 24.8 Å². The molecule has 5 atom stereocenters. The molecule has 1 aliphatic carbocycles. The Morgan fingerprint density at radius 3 is 2.81 bits per heavy atom. The smallest absolute Gasteiger partial charge is 0.407 e. The van der Waals surface area contributed by atoms with Gasteiger partial charge < -0.3 is 35.1 Å². The Kier molecular flexibility index (Phi) is 6.09. The third-order valence-electron chi connectivity index (χ3n) is 6.26. The van der Waals surface area contributed by atoms with Crippen LogP contribution in [0.5, 0.6) is 0 Å². The van der Waals surface area contributed by atoms with Gasteiger partial charge in [-0.2, -0.15) is 0 Å². The van der Waals surface area contributed by atoms with Crippen LogP contribution in [0.4, 0.5) is 10.6 Å². The standard InChI is InChI=1S/C20H28N6O6/c27-15-13(7-21-20(29)31-12-3-1-2-4-12)32-19(16(15)28)26-10-24-14-17(22-9-23-18(14)26)25-11-5-6-30-8-11/h9-13,15-16,19,27-28H,1-8H2,(H,21,29)(H,22,23,25). The van der Waals surface area contributed by atoms with Crippen molar-refractivity contribution in [1.29, 1.82) is 0 Å². The molecular weight excluding hydrogens is 420 g/mol. The Morgan fingerprint density at radius 1 is 1.19 bits per heavy atom. The quantitative estimate of drug-likeness (QED) is 0.486. The van der Waals surface area contributed by atoms with E-state index in [1.807, 2.05) is 0 Å². The fraction of sp³-hybridized carbons (Fsp3) is 0.700. The summed E-state index contributed by atoms with van der Waals surface area (Å²) in [4.78, 5) is 25.0. The zero-order valence-electron chi connectivity index (χ0n) is 17.6. The normalized spacial score (nSPS) is 30.8. The predicted octanol–water partition coefficient (Wildman–Crippen LogP) is 0.315. The third kappa shape index (κ3) is 4.22. The predicted molar refractivity (Wildman–Crippen MR) is 111 cm³/mol. The van der Waals surface area contributed by atoms with Crippen LogP contribution >= 0.6 is 0 Å². The fourth-order valence-electron chi connectivity index (χ4n) is 4.50. The summed E-state index contributed by atoms with van der Waals surface area (Å²) in [7, 11) is 0. The van der Waals surface area contributed by atoms with Gasteiger partial charge in [0.2, 0.25) is 0 Å². The van der Waals surface area contributed by atoms with Gasteiger partial charge in [-0.25, -0.2) is 19.7 Å². The Labute approximate surface area is 184 Å². The number of anilines is 1. The average molecular weight is 448 g/mol. The minimum Gasteiger partial charge on any atom is -0.446 e. The summed E-state index contributed by atoms with van der Waals surface area (Å²) in [5, 5.41) is 27.0. The Bertz CT molecular complexity index is 944. The van der Waals surface area contributed by atoms with Crippen LogP contribution in [0.3, 0.4) is 0 Å². The van der Waals surface area contributed by atoms with Crippen molar-refractivity contribution in [2.24, 2.45) is 0 Å². The topological polar surface area (TPSA) is 153 Å². The number of rotatable bonds is 6. The second-order valence-corrected chi connectivity index (χ2v) is 8.49. The highest BCUT2D eigenvalue weighted by Crippen LogP contribution is 2.32. The van der Waals surface area contributed by atoms with Crippen molar-refractivity contribution >= 4 is 23.1 Å². The SMILES string of the molecule is O=C(NCC1OC(n2cnc3c(NC4CCOC4)ncnc32)C(O)C1O)OC1CCCC1. The molecule has 12 nitrogen and oxygen atoms in total. The fourth-order valence-corrected chi connectivity index (χ4v) is 4.50. The van der Waals surface area contributed by atoms with E-state index in [1.165, 1.54) is 12.7 Å². The molecular formula is C20H28N6O6. The first-order valence-electron chi connectivity index (χ1n) is 11.1. The number of nitrogens with zero attached hydrogens (tertiary/aromatic N) is 4. The average Bonchev–Trinajstić information content (AvgIpc) is 3.58. The minimum absolute atomic E-state index is 0.0103. The number of alkyl carbamates (subject to hydrolysis) is 1. The van der Waals surface area contributed by atoms with E-state index in [4.69, 9.17) is 14.2 Å². The first-order chi connectivity index (χ1) is 15.6. The van der Waals surface area contributed by atoms with Crippen molar-refractivity contribution < 1.29 is 29.2 Å². The van der Waals surface area contributed by atoms with Crippen LogP contribution in [0.1, 0.15) is 38.3 Å². The van der Waals surface area contributed by atoms with Crippen LogP contribution in [-0.2, 0) is 14.2 Å². The second-order valence-electron chi connectivity index (χ2n) is 8.49. The van der Waals surface area contributed by atoms with E-state index in [0.29, 0.717) is 30.2 Å². The third-order valence-corrected chi connectivity index (χ3v) is 6.26. The first kappa shape index (κ1) is 21.3. The lowest BCUT2D eigenvalue weighted by molar-refractivity contribution is -0.0343. The summed E-state index contributed by atoms with van der Waals surface area (Å²) in [6, 6.07) is 0.146. The van der Waals surface area contributed by atoms with Crippen LogP contribution in [0, 0.1) is 0 Å². The van der Waals surface area contributed by atoms with Crippen LogP contribution in [0.25, 0.3) is 11.2 Å². The highest BCUT2D eigenvalue weighted by molar-refractivity contribution is 5.82. The molecule has 2 saturated heterocycles. The molecule has 0 bridgehead atoms. The largest absolute Gasteiger partial charge is 0.446 e. The van der Waals surface area contributed by atoms with Crippen molar-refractivity contribution in [2.75, 3.05) is 25.1 Å². The number of imidazole rings is 1. The van der Waals surface area contributed by atoms with E-state index in [2.05, 4.69) is 25.6 Å². The number of carbonyl (C=O) groups is 1. The maximum absolute atomic E-state index is 12.0. The molecule has 0 spiro atoms. The number of carbonyl (C=O) groups excluding carboxylic acids is 1. The Morgan fingerprint density at radius 2 is 2.03 bits per heavy atom. The second kappa shape index (κ2) is 9.14. The molecule has 174 valence electrons. The van der Waals surface area contributed by atoms with Gasteiger partial charge in [0.25, 0.3) is 0 Å². The molecule has 12 heteroatoms. The first-order valence-corrected chi connectivity index (χ1v) is 11.1. The van der Waals surface area contributed by atoms with Crippen LogP contribution < -0.4 is 10.6 Å². The van der Waals surface area contributed by atoms with Crippen molar-refractivity contribution in [3.63, 3.8) is 0 Å². The summed E-state index contributed by atoms with van der Waals surface area (Å²) >= 11 is 0. The maximum Gasteiger partial charge on any atom is 0.407 e. The number of aliphatic hydroxyl groups is 2. The number of fused-ring (bicyclic) bond motifs is 1. The van der Waals surface area contributed by atoms with Gasteiger partial charge in [0, 0.05) is 13.2 Å². The van der Waals surface area contributed by atoms with Gasteiger partial charge in [0.1, 0.15) is 30.7 Å². The Hall–Kier alpha value is -2.54. The molecule has 0 aromatic carbocycles. The monoisotopic (exact) mass is 448 g/mol. The van der Waals surface area contributed by atoms with Crippen LogP contribution in [0.15, 0.2) is 12.7 Å². The molecule has 32 heavy (non-hydrogen) atoms. The molecule has 1 amide bonds. The van der Waals surface area contributed by atoms with E-state index in [9.17, 15) is 15.0 Å². The summed E-state index contributed by atoms with van der Waals surface area (Å²) in [6.45, 7) is 1.31. The van der Waals surface area contributed by atoms with Crippen LogP contribution in [-0.4, -0.2) is 86.0 Å². The number of ether oxygens (including phenoxy) is 3. The lowest BCUT2D eigenvalue weighted by Crippen LogP contribution is -2.40. The van der Waals surface area contributed by atoms with E-state index in [1.54, 1.807) is 4.57 Å². The number of amides is 1. The van der Waals surface area contributed by atoms with Crippen molar-refractivity contribution in [3.8, 4) is 0 Å². The number of aliphatic hydroxyl groups excluding tert-OH is 2. The molecule has 2 aromatic rings. The van der Waals surface area contributed by atoms with Crippen molar-refractivity contribution in [3.05, 3.63) is 12.7 Å². The highest BCUT2D eigenvalue weighted by Gasteiger charge is 2.44. The number of aromatic nitrogens is 4.